The van der Waals surface area contributed by atoms with Crippen LogP contribution in [0.25, 0.3) is 11.1 Å². The van der Waals surface area contributed by atoms with Crippen LogP contribution in [-0.4, -0.2) is 50.6 Å². The van der Waals surface area contributed by atoms with Crippen molar-refractivity contribution in [1.29, 1.82) is 0 Å². The van der Waals surface area contributed by atoms with Crippen LogP contribution in [0.15, 0.2) is 73.2 Å². The van der Waals surface area contributed by atoms with Gasteiger partial charge in [0.1, 0.15) is 5.82 Å². The first-order valence-corrected chi connectivity index (χ1v) is 15.9. The van der Waals surface area contributed by atoms with Crippen molar-refractivity contribution < 1.29 is 9.59 Å². The molecule has 0 radical (unpaired) electrons. The van der Waals surface area contributed by atoms with Gasteiger partial charge in [-0.25, -0.2) is 4.98 Å². The van der Waals surface area contributed by atoms with Crippen molar-refractivity contribution in [3.05, 3.63) is 95.4 Å². The molecule has 8 heteroatoms. The molecule has 0 bridgehead atoms. The lowest BCUT2D eigenvalue weighted by molar-refractivity contribution is 0.0712. The zero-order chi connectivity index (χ0) is 30.6. The molecular weight excluding hydrogens is 548 g/mol. The van der Waals surface area contributed by atoms with Gasteiger partial charge in [0.15, 0.2) is 0 Å². The Morgan fingerprint density at radius 2 is 1.66 bits per heavy atom. The molecule has 0 atom stereocenters. The van der Waals surface area contributed by atoms with Crippen LogP contribution in [0.5, 0.6) is 0 Å². The van der Waals surface area contributed by atoms with Crippen LogP contribution in [0.1, 0.15) is 83.7 Å². The van der Waals surface area contributed by atoms with E-state index in [9.17, 15) is 9.59 Å². The zero-order valence-corrected chi connectivity index (χ0v) is 25.9. The fourth-order valence-corrected chi connectivity index (χ4v) is 6.09. The number of aryl methyl sites for hydroxylation is 1. The largest absolute Gasteiger partial charge is 0.368 e. The second-order valence-electron chi connectivity index (χ2n) is 12.7. The zero-order valence-electron chi connectivity index (χ0n) is 25.9. The lowest BCUT2D eigenvalue weighted by atomic mass is 9.85. The smallest absolute Gasteiger partial charge is 0.257 e. The summed E-state index contributed by atoms with van der Waals surface area (Å²) >= 11 is 0. The molecule has 6 rings (SSSR count). The normalized spacial score (nSPS) is 15.7. The first-order chi connectivity index (χ1) is 21.3. The number of carbonyl (C=O) groups is 2. The number of carbonyl (C=O) groups excluding carboxylic acids is 2. The van der Waals surface area contributed by atoms with E-state index in [0.717, 1.165) is 36.7 Å². The number of piperidine rings is 1. The highest BCUT2D eigenvalue weighted by atomic mass is 16.2. The van der Waals surface area contributed by atoms with Crippen molar-refractivity contribution in [1.82, 2.24) is 19.7 Å². The number of pyridine rings is 1. The molecule has 3 heterocycles. The van der Waals surface area contributed by atoms with Crippen LogP contribution < -0.4 is 10.6 Å². The number of likely N-dealkylation sites (tertiary alicyclic amines) is 1. The summed E-state index contributed by atoms with van der Waals surface area (Å²) < 4.78 is 2.09. The fraction of sp³-hybridized carbons (Fsp3) is 0.389. The maximum atomic E-state index is 13.5. The number of aromatic nitrogens is 3. The van der Waals surface area contributed by atoms with Gasteiger partial charge >= 0.3 is 0 Å². The number of amides is 2. The lowest BCUT2D eigenvalue weighted by Crippen LogP contribution is -2.38. The summed E-state index contributed by atoms with van der Waals surface area (Å²) in [5.41, 5.74) is 6.26. The third-order valence-corrected chi connectivity index (χ3v) is 9.00. The Bertz CT molecular complexity index is 1600. The summed E-state index contributed by atoms with van der Waals surface area (Å²) in [4.78, 5) is 32.7. The van der Waals surface area contributed by atoms with E-state index in [-0.39, 0.29) is 17.9 Å². The highest BCUT2D eigenvalue weighted by Gasteiger charge is 2.25. The molecular formula is C36H42N6O2. The monoisotopic (exact) mass is 590 g/mol. The molecule has 1 saturated heterocycles. The van der Waals surface area contributed by atoms with Gasteiger partial charge in [-0.1, -0.05) is 36.8 Å². The summed E-state index contributed by atoms with van der Waals surface area (Å²) in [5, 5.41) is 10.8. The van der Waals surface area contributed by atoms with E-state index in [1.54, 1.807) is 24.4 Å². The van der Waals surface area contributed by atoms with Gasteiger partial charge in [-0.15, -0.1) is 0 Å². The summed E-state index contributed by atoms with van der Waals surface area (Å²) in [6.07, 6.45) is 11.5. The van der Waals surface area contributed by atoms with Crippen molar-refractivity contribution in [3.8, 4) is 11.1 Å². The minimum Gasteiger partial charge on any atom is -0.368 e. The molecule has 2 aromatic carbocycles. The topological polar surface area (TPSA) is 92.2 Å². The van der Waals surface area contributed by atoms with Gasteiger partial charge < -0.3 is 15.5 Å². The maximum Gasteiger partial charge on any atom is 0.257 e. The summed E-state index contributed by atoms with van der Waals surface area (Å²) in [7, 11) is 0. The molecule has 2 aliphatic rings. The van der Waals surface area contributed by atoms with Crippen molar-refractivity contribution in [2.75, 3.05) is 23.7 Å². The van der Waals surface area contributed by atoms with E-state index < -0.39 is 0 Å². The van der Waals surface area contributed by atoms with E-state index in [0.29, 0.717) is 35.8 Å². The first-order valence-electron chi connectivity index (χ1n) is 15.9. The molecule has 8 nitrogen and oxygen atoms in total. The average Bonchev–Trinajstić information content (AvgIpc) is 3.49. The number of benzene rings is 2. The van der Waals surface area contributed by atoms with Gasteiger partial charge in [0.25, 0.3) is 11.8 Å². The summed E-state index contributed by atoms with van der Waals surface area (Å²) in [6, 6.07) is 18.2. The van der Waals surface area contributed by atoms with Crippen LogP contribution in [0.2, 0.25) is 0 Å². The highest BCUT2D eigenvalue weighted by molar-refractivity contribution is 6.05. The van der Waals surface area contributed by atoms with Crippen molar-refractivity contribution >= 4 is 23.3 Å². The van der Waals surface area contributed by atoms with Crippen molar-refractivity contribution in [2.45, 2.75) is 71.4 Å². The summed E-state index contributed by atoms with van der Waals surface area (Å²) in [6.45, 7) is 8.43. The van der Waals surface area contributed by atoms with E-state index in [1.165, 1.54) is 36.0 Å². The minimum atomic E-state index is -0.254. The minimum absolute atomic E-state index is 0.000936. The SMILES string of the molecule is Cc1ccc(C(=O)N2CCC(c3ccc(-c4cnn(CC5CCC5)c4)cc3)CC2)cc1NC(=O)c1ccc(NC(C)C)nc1. The predicted molar refractivity (Wildman–Crippen MR) is 175 cm³/mol. The van der Waals surface area contributed by atoms with Crippen LogP contribution in [0.4, 0.5) is 11.5 Å². The molecule has 1 saturated carbocycles. The first kappa shape index (κ1) is 29.6. The Labute approximate surface area is 259 Å². The van der Waals surface area contributed by atoms with E-state index >= 15 is 0 Å². The average molecular weight is 591 g/mol. The Balaban J connectivity index is 1.04. The molecule has 1 aliphatic heterocycles. The number of hydrogen-bond donors (Lipinski definition) is 2. The molecule has 2 amide bonds. The van der Waals surface area contributed by atoms with Gasteiger partial charge in [-0.3, -0.25) is 14.3 Å². The molecule has 1 aliphatic carbocycles. The maximum absolute atomic E-state index is 13.5. The highest BCUT2D eigenvalue weighted by Crippen LogP contribution is 2.32. The predicted octanol–water partition coefficient (Wildman–Crippen LogP) is 7.15. The number of anilines is 2. The number of nitrogens with one attached hydrogen (secondary N) is 2. The fourth-order valence-electron chi connectivity index (χ4n) is 6.09. The number of nitrogens with zero attached hydrogens (tertiary/aromatic N) is 4. The lowest BCUT2D eigenvalue weighted by Gasteiger charge is -2.32. The molecule has 0 unspecified atom stereocenters. The van der Waals surface area contributed by atoms with Crippen LogP contribution in [-0.2, 0) is 6.54 Å². The molecule has 2 fully saturated rings. The Morgan fingerprint density at radius 3 is 2.32 bits per heavy atom. The number of rotatable bonds is 9. The standard InChI is InChI=1S/C36H42N6O2/c1-24(2)39-34-14-13-31(20-37-34)35(43)40-33-19-30(8-7-25(33)3)36(44)41-17-15-29(16-18-41)27-9-11-28(12-10-27)32-21-38-42(23-32)22-26-5-4-6-26/h7-14,19-21,23-24,26,29H,4-6,15-18,22H2,1-3H3,(H,37,39)(H,40,43). The Hall–Kier alpha value is -4.46. The second kappa shape index (κ2) is 13.0. The van der Waals surface area contributed by atoms with E-state index in [1.807, 2.05) is 44.0 Å². The third kappa shape index (κ3) is 6.85. The van der Waals surface area contributed by atoms with E-state index in [4.69, 9.17) is 0 Å². The van der Waals surface area contributed by atoms with Crippen LogP contribution in [0.3, 0.4) is 0 Å². The van der Waals surface area contributed by atoms with Crippen LogP contribution in [0, 0.1) is 12.8 Å². The van der Waals surface area contributed by atoms with Gasteiger partial charge in [0.2, 0.25) is 0 Å². The Morgan fingerprint density at radius 1 is 0.909 bits per heavy atom. The molecule has 2 N–H and O–H groups in total. The third-order valence-electron chi connectivity index (χ3n) is 9.00. The van der Waals surface area contributed by atoms with Gasteiger partial charge in [0.05, 0.1) is 11.8 Å². The Kier molecular flexibility index (Phi) is 8.77. The van der Waals surface area contributed by atoms with Crippen LogP contribution >= 0.6 is 0 Å². The number of hydrogen-bond acceptors (Lipinski definition) is 5. The van der Waals surface area contributed by atoms with E-state index in [2.05, 4.69) is 55.9 Å². The van der Waals surface area contributed by atoms with Gasteiger partial charge in [-0.05, 0) is 99.2 Å². The molecule has 44 heavy (non-hydrogen) atoms. The van der Waals surface area contributed by atoms with Crippen molar-refractivity contribution in [3.63, 3.8) is 0 Å². The van der Waals surface area contributed by atoms with Gasteiger partial charge in [0, 0.05) is 54.9 Å². The molecule has 4 aromatic rings. The summed E-state index contributed by atoms with van der Waals surface area (Å²) in [5.74, 6) is 1.69. The van der Waals surface area contributed by atoms with Crippen molar-refractivity contribution in [2.24, 2.45) is 5.92 Å². The molecule has 0 spiro atoms. The molecule has 2 aromatic heterocycles. The quantitative estimate of drug-likeness (QED) is 0.216. The second-order valence-corrected chi connectivity index (χ2v) is 12.7. The molecule has 228 valence electrons. The van der Waals surface area contributed by atoms with Gasteiger partial charge in [-0.2, -0.15) is 5.10 Å².